The molecule has 102 valence electrons. The lowest BCUT2D eigenvalue weighted by atomic mass is 10.1. The summed E-state index contributed by atoms with van der Waals surface area (Å²) < 4.78 is 6.70. The van der Waals surface area contributed by atoms with E-state index in [9.17, 15) is 9.90 Å². The number of nitrogens with zero attached hydrogens (tertiary/aromatic N) is 2. The minimum atomic E-state index is -0.969. The molecule has 0 bridgehead atoms. The first-order chi connectivity index (χ1) is 8.38. The van der Waals surface area contributed by atoms with Gasteiger partial charge in [0.15, 0.2) is 0 Å². The molecule has 0 aliphatic carbocycles. The van der Waals surface area contributed by atoms with Gasteiger partial charge in [-0.3, -0.25) is 4.68 Å². The molecule has 1 rings (SSSR count). The normalized spacial score (nSPS) is 12.8. The number of aromatic nitrogens is 2. The maximum atomic E-state index is 11.2. The molecule has 1 heterocycles. The van der Waals surface area contributed by atoms with Gasteiger partial charge < -0.3 is 15.2 Å². The quantitative estimate of drug-likeness (QED) is 0.805. The summed E-state index contributed by atoms with van der Waals surface area (Å²) in [5.41, 5.74) is 0.728. The van der Waals surface area contributed by atoms with Crippen molar-refractivity contribution in [3.63, 3.8) is 0 Å². The van der Waals surface area contributed by atoms with Gasteiger partial charge in [-0.15, -0.1) is 0 Å². The molecule has 1 atom stereocenters. The van der Waals surface area contributed by atoms with Crippen LogP contribution in [0.15, 0.2) is 0 Å². The van der Waals surface area contributed by atoms with Crippen molar-refractivity contribution in [3.05, 3.63) is 11.3 Å². The van der Waals surface area contributed by atoms with Gasteiger partial charge in [0.2, 0.25) is 0 Å². The summed E-state index contributed by atoms with van der Waals surface area (Å²) in [4.78, 5) is 11.2. The lowest BCUT2D eigenvalue weighted by molar-refractivity contribution is 0.0697. The van der Waals surface area contributed by atoms with Gasteiger partial charge in [-0.05, 0) is 12.8 Å². The molecule has 0 aliphatic rings. The monoisotopic (exact) mass is 255 g/mol. The van der Waals surface area contributed by atoms with Crippen LogP contribution in [0.5, 0.6) is 0 Å². The first-order valence-corrected chi connectivity index (χ1v) is 5.90. The molecule has 6 nitrogen and oxygen atoms in total. The number of hydrogen-bond donors (Lipinski definition) is 2. The van der Waals surface area contributed by atoms with Crippen molar-refractivity contribution in [1.82, 2.24) is 9.78 Å². The van der Waals surface area contributed by atoms with E-state index in [1.165, 1.54) is 0 Å². The number of hydrogen-bond acceptors (Lipinski definition) is 4. The molecule has 1 aromatic heterocycles. The molecule has 1 unspecified atom stereocenters. The third-order valence-electron chi connectivity index (χ3n) is 2.91. The fourth-order valence-electron chi connectivity index (χ4n) is 1.84. The Balaban J connectivity index is 3.05. The summed E-state index contributed by atoms with van der Waals surface area (Å²) in [6.07, 6.45) is 0. The van der Waals surface area contributed by atoms with Crippen LogP contribution in [0.3, 0.4) is 0 Å². The van der Waals surface area contributed by atoms with E-state index in [1.807, 2.05) is 0 Å². The second-order valence-electron chi connectivity index (χ2n) is 4.69. The number of anilines is 1. The summed E-state index contributed by atoms with van der Waals surface area (Å²) in [5.74, 6) is -0.124. The van der Waals surface area contributed by atoms with E-state index in [0.717, 1.165) is 0 Å². The maximum Gasteiger partial charge on any atom is 0.341 e. The maximum absolute atomic E-state index is 11.2. The number of aromatic carboxylic acids is 1. The lowest BCUT2D eigenvalue weighted by Crippen LogP contribution is -2.32. The summed E-state index contributed by atoms with van der Waals surface area (Å²) >= 11 is 0. The summed E-state index contributed by atoms with van der Waals surface area (Å²) in [7, 11) is 3.36. The van der Waals surface area contributed by atoms with Crippen molar-refractivity contribution in [3.8, 4) is 0 Å². The highest BCUT2D eigenvalue weighted by molar-refractivity contribution is 5.94. The molecular weight excluding hydrogens is 234 g/mol. The molecule has 0 radical (unpaired) electrons. The second-order valence-corrected chi connectivity index (χ2v) is 4.69. The number of methoxy groups -OCH3 is 1. The number of carbonyl (C=O) groups is 1. The van der Waals surface area contributed by atoms with Crippen molar-refractivity contribution in [2.24, 2.45) is 13.0 Å². The van der Waals surface area contributed by atoms with Crippen LogP contribution in [-0.2, 0) is 11.8 Å². The number of nitrogens with one attached hydrogen (secondary N) is 1. The van der Waals surface area contributed by atoms with E-state index in [0.29, 0.717) is 24.0 Å². The lowest BCUT2D eigenvalue weighted by Gasteiger charge is -2.23. The predicted molar refractivity (Wildman–Crippen MR) is 69.0 cm³/mol. The van der Waals surface area contributed by atoms with E-state index >= 15 is 0 Å². The molecule has 6 heteroatoms. The number of ether oxygens (including phenoxy) is 1. The molecule has 2 N–H and O–H groups in total. The first kappa shape index (κ1) is 14.5. The Bertz CT molecular complexity index is 426. The van der Waals surface area contributed by atoms with Crippen LogP contribution in [0, 0.1) is 12.8 Å². The standard InChI is InChI=1S/C12H21N3O3/c1-7(2)9(6-18-5)13-11-10(12(16)17)8(3)14-15(11)4/h7,9,13H,6H2,1-5H3,(H,16,17). The minimum absolute atomic E-state index is 0.0444. The van der Waals surface area contributed by atoms with E-state index < -0.39 is 5.97 Å². The first-order valence-electron chi connectivity index (χ1n) is 5.90. The highest BCUT2D eigenvalue weighted by Crippen LogP contribution is 2.21. The van der Waals surface area contributed by atoms with Crippen molar-refractivity contribution in [2.45, 2.75) is 26.8 Å². The van der Waals surface area contributed by atoms with Gasteiger partial charge in [0.25, 0.3) is 0 Å². The van der Waals surface area contributed by atoms with Gasteiger partial charge in [0.05, 0.1) is 18.3 Å². The zero-order valence-electron chi connectivity index (χ0n) is 11.5. The van der Waals surface area contributed by atoms with E-state index in [-0.39, 0.29) is 11.6 Å². The van der Waals surface area contributed by atoms with Gasteiger partial charge in [0.1, 0.15) is 11.4 Å². The average molecular weight is 255 g/mol. The Hall–Kier alpha value is -1.56. The molecule has 0 aliphatic heterocycles. The second kappa shape index (κ2) is 5.86. The Kier molecular flexibility index (Phi) is 4.72. The van der Waals surface area contributed by atoms with Crippen molar-refractivity contribution in [1.29, 1.82) is 0 Å². The summed E-state index contributed by atoms with van der Waals surface area (Å²) in [6.45, 7) is 6.32. The fraction of sp³-hybridized carbons (Fsp3) is 0.667. The summed E-state index contributed by atoms with van der Waals surface area (Å²) in [6, 6.07) is 0.0444. The van der Waals surface area contributed by atoms with E-state index in [1.54, 1.807) is 25.8 Å². The van der Waals surface area contributed by atoms with E-state index in [4.69, 9.17) is 4.74 Å². The van der Waals surface area contributed by atoms with Crippen molar-refractivity contribution in [2.75, 3.05) is 19.0 Å². The Morgan fingerprint density at radius 2 is 2.17 bits per heavy atom. The Morgan fingerprint density at radius 1 is 1.56 bits per heavy atom. The van der Waals surface area contributed by atoms with Gasteiger partial charge in [-0.25, -0.2) is 4.79 Å². The third-order valence-corrected chi connectivity index (χ3v) is 2.91. The van der Waals surface area contributed by atoms with Crippen LogP contribution in [-0.4, -0.2) is 40.6 Å². The molecule has 0 amide bonds. The largest absolute Gasteiger partial charge is 0.477 e. The highest BCUT2D eigenvalue weighted by atomic mass is 16.5. The highest BCUT2D eigenvalue weighted by Gasteiger charge is 2.23. The fourth-order valence-corrected chi connectivity index (χ4v) is 1.84. The predicted octanol–water partition coefficient (Wildman–Crippen LogP) is 1.51. The topological polar surface area (TPSA) is 76.4 Å². The smallest absolute Gasteiger partial charge is 0.341 e. The molecule has 0 saturated heterocycles. The molecular formula is C12H21N3O3. The number of carboxylic acids is 1. The van der Waals surface area contributed by atoms with Crippen LogP contribution >= 0.6 is 0 Å². The molecule has 1 aromatic rings. The molecule has 18 heavy (non-hydrogen) atoms. The number of aryl methyl sites for hydroxylation is 2. The Labute approximate surface area is 107 Å². The Morgan fingerprint density at radius 3 is 2.61 bits per heavy atom. The van der Waals surface area contributed by atoms with E-state index in [2.05, 4.69) is 24.3 Å². The van der Waals surface area contributed by atoms with Crippen LogP contribution in [0.4, 0.5) is 5.82 Å². The van der Waals surface area contributed by atoms with Gasteiger partial charge in [0, 0.05) is 14.2 Å². The third kappa shape index (κ3) is 3.01. The molecule has 0 aromatic carbocycles. The van der Waals surface area contributed by atoms with Crippen LogP contribution in [0.1, 0.15) is 29.9 Å². The molecule has 0 fully saturated rings. The van der Waals surface area contributed by atoms with Crippen molar-refractivity contribution < 1.29 is 14.6 Å². The SMILES string of the molecule is COCC(Nc1c(C(=O)O)c(C)nn1C)C(C)C. The zero-order chi connectivity index (χ0) is 13.9. The van der Waals surface area contributed by atoms with Crippen molar-refractivity contribution >= 4 is 11.8 Å². The molecule has 0 saturated carbocycles. The average Bonchev–Trinajstić information content (AvgIpc) is 2.52. The van der Waals surface area contributed by atoms with Gasteiger partial charge in [-0.1, -0.05) is 13.8 Å². The number of carboxylic acid groups (broad SMARTS) is 1. The van der Waals surface area contributed by atoms with Crippen LogP contribution < -0.4 is 5.32 Å². The summed E-state index contributed by atoms with van der Waals surface area (Å²) in [5, 5.41) is 16.6. The molecule has 0 spiro atoms. The van der Waals surface area contributed by atoms with Crippen LogP contribution in [0.25, 0.3) is 0 Å². The minimum Gasteiger partial charge on any atom is -0.477 e. The number of rotatable bonds is 6. The van der Waals surface area contributed by atoms with Gasteiger partial charge >= 0.3 is 5.97 Å². The van der Waals surface area contributed by atoms with Crippen LogP contribution in [0.2, 0.25) is 0 Å². The zero-order valence-corrected chi connectivity index (χ0v) is 11.5. The van der Waals surface area contributed by atoms with Gasteiger partial charge in [-0.2, -0.15) is 5.10 Å².